The molecule has 0 bridgehead atoms. The molecule has 5 rings (SSSR count). The van der Waals surface area contributed by atoms with Crippen LogP contribution in [-0.2, 0) is 17.9 Å². The zero-order valence-corrected chi connectivity index (χ0v) is 18.3. The quantitative estimate of drug-likeness (QED) is 0.617. The van der Waals surface area contributed by atoms with Crippen molar-refractivity contribution in [2.75, 3.05) is 13.1 Å². The van der Waals surface area contributed by atoms with Gasteiger partial charge in [0.05, 0.1) is 12.9 Å². The summed E-state index contributed by atoms with van der Waals surface area (Å²) >= 11 is 0. The first-order valence-corrected chi connectivity index (χ1v) is 11.7. The van der Waals surface area contributed by atoms with Crippen LogP contribution in [0.4, 0.5) is 0 Å². The first-order chi connectivity index (χ1) is 15.6. The SMILES string of the molecule is O=C(Cn1c(=O)c2c(ncn2C2CCCC2)n(Cc2ccccc2)c1=O)N1CCCCC1. The zero-order valence-electron chi connectivity index (χ0n) is 18.3. The number of fused-ring (bicyclic) bond motifs is 1. The van der Waals surface area contributed by atoms with Crippen LogP contribution in [0.2, 0.25) is 0 Å². The second kappa shape index (κ2) is 8.76. The highest BCUT2D eigenvalue weighted by atomic mass is 16.2. The summed E-state index contributed by atoms with van der Waals surface area (Å²) in [4.78, 5) is 46.2. The van der Waals surface area contributed by atoms with Crippen molar-refractivity contribution >= 4 is 17.1 Å². The van der Waals surface area contributed by atoms with Crippen LogP contribution in [0.25, 0.3) is 11.2 Å². The van der Waals surface area contributed by atoms with Gasteiger partial charge in [0.1, 0.15) is 6.54 Å². The minimum Gasteiger partial charge on any atom is -0.341 e. The van der Waals surface area contributed by atoms with Crippen LogP contribution in [0.5, 0.6) is 0 Å². The fraction of sp³-hybridized carbons (Fsp3) is 0.500. The summed E-state index contributed by atoms with van der Waals surface area (Å²) in [6.45, 7) is 1.45. The van der Waals surface area contributed by atoms with Crippen molar-refractivity contribution in [3.05, 3.63) is 63.1 Å². The van der Waals surface area contributed by atoms with E-state index in [2.05, 4.69) is 4.98 Å². The lowest BCUT2D eigenvalue weighted by Gasteiger charge is -2.27. The molecule has 1 saturated heterocycles. The maximum Gasteiger partial charge on any atom is 0.333 e. The standard InChI is InChI=1S/C24H29N5O3/c30-20(26-13-7-2-8-14-26)16-28-23(31)21-22(25-17-29(21)19-11-5-6-12-19)27(24(28)32)15-18-9-3-1-4-10-18/h1,3-4,9-10,17,19H,2,5-8,11-16H2. The molecule has 168 valence electrons. The molecule has 3 aromatic rings. The molecular weight excluding hydrogens is 406 g/mol. The van der Waals surface area contributed by atoms with Crippen molar-refractivity contribution in [1.82, 2.24) is 23.6 Å². The number of nitrogens with zero attached hydrogens (tertiary/aromatic N) is 5. The Morgan fingerprint density at radius 3 is 2.38 bits per heavy atom. The highest BCUT2D eigenvalue weighted by Gasteiger charge is 2.26. The number of hydrogen-bond donors (Lipinski definition) is 0. The summed E-state index contributed by atoms with van der Waals surface area (Å²) in [7, 11) is 0. The van der Waals surface area contributed by atoms with Gasteiger partial charge in [0.25, 0.3) is 5.56 Å². The summed E-state index contributed by atoms with van der Waals surface area (Å²) in [5.41, 5.74) is 0.882. The predicted octanol–water partition coefficient (Wildman–Crippen LogP) is 2.54. The molecule has 0 N–H and O–H groups in total. The summed E-state index contributed by atoms with van der Waals surface area (Å²) in [6.07, 6.45) is 8.97. The molecule has 0 radical (unpaired) electrons. The largest absolute Gasteiger partial charge is 0.341 e. The van der Waals surface area contributed by atoms with Crippen molar-refractivity contribution in [3.8, 4) is 0 Å². The third-order valence-corrected chi connectivity index (χ3v) is 6.84. The Morgan fingerprint density at radius 2 is 1.66 bits per heavy atom. The molecule has 8 heteroatoms. The van der Waals surface area contributed by atoms with Gasteiger partial charge < -0.3 is 9.47 Å². The number of benzene rings is 1. The topological polar surface area (TPSA) is 82.1 Å². The Hall–Kier alpha value is -3.16. The average Bonchev–Trinajstić information content (AvgIpc) is 3.51. The monoisotopic (exact) mass is 435 g/mol. The molecule has 1 aromatic carbocycles. The zero-order chi connectivity index (χ0) is 22.1. The molecule has 0 atom stereocenters. The van der Waals surface area contributed by atoms with E-state index in [0.29, 0.717) is 30.8 Å². The van der Waals surface area contributed by atoms with E-state index in [1.54, 1.807) is 15.8 Å². The highest BCUT2D eigenvalue weighted by molar-refractivity contribution is 5.77. The minimum absolute atomic E-state index is 0.165. The number of piperidine rings is 1. The molecule has 8 nitrogen and oxygen atoms in total. The van der Waals surface area contributed by atoms with E-state index in [1.165, 1.54) is 0 Å². The van der Waals surface area contributed by atoms with Crippen LogP contribution >= 0.6 is 0 Å². The van der Waals surface area contributed by atoms with E-state index < -0.39 is 11.2 Å². The number of hydrogen-bond acceptors (Lipinski definition) is 4. The van der Waals surface area contributed by atoms with Gasteiger partial charge >= 0.3 is 5.69 Å². The normalized spacial score (nSPS) is 17.3. The molecule has 2 aromatic heterocycles. The first kappa shape index (κ1) is 20.7. The fourth-order valence-corrected chi connectivity index (χ4v) is 5.09. The molecule has 1 saturated carbocycles. The Kier molecular flexibility index (Phi) is 5.68. The number of aromatic nitrogens is 4. The van der Waals surface area contributed by atoms with Gasteiger partial charge in [0.2, 0.25) is 5.91 Å². The van der Waals surface area contributed by atoms with Crippen LogP contribution in [0.15, 0.2) is 46.2 Å². The van der Waals surface area contributed by atoms with Gasteiger partial charge in [-0.05, 0) is 37.7 Å². The lowest BCUT2D eigenvalue weighted by molar-refractivity contribution is -0.132. The fourth-order valence-electron chi connectivity index (χ4n) is 5.09. The Labute approximate surface area is 186 Å². The van der Waals surface area contributed by atoms with Gasteiger partial charge in [-0.1, -0.05) is 43.2 Å². The number of likely N-dealkylation sites (tertiary alicyclic amines) is 1. The molecule has 0 unspecified atom stereocenters. The number of rotatable bonds is 5. The van der Waals surface area contributed by atoms with E-state index in [4.69, 9.17) is 0 Å². The van der Waals surface area contributed by atoms with Crippen LogP contribution in [-0.4, -0.2) is 42.6 Å². The Bertz CT molecular complexity index is 1230. The second-order valence-electron chi connectivity index (χ2n) is 8.95. The third-order valence-electron chi connectivity index (χ3n) is 6.84. The molecule has 2 fully saturated rings. The van der Waals surface area contributed by atoms with Gasteiger partial charge in [0.15, 0.2) is 11.2 Å². The van der Waals surface area contributed by atoms with Crippen molar-refractivity contribution in [2.45, 2.75) is 64.1 Å². The van der Waals surface area contributed by atoms with Gasteiger partial charge in [-0.3, -0.25) is 14.2 Å². The van der Waals surface area contributed by atoms with E-state index in [1.807, 2.05) is 34.9 Å². The van der Waals surface area contributed by atoms with Crippen molar-refractivity contribution in [3.63, 3.8) is 0 Å². The number of carbonyl (C=O) groups excluding carboxylic acids is 1. The molecule has 2 aliphatic rings. The Morgan fingerprint density at radius 1 is 0.938 bits per heavy atom. The molecule has 0 spiro atoms. The summed E-state index contributed by atoms with van der Waals surface area (Å²) in [5, 5.41) is 0. The number of carbonyl (C=O) groups is 1. The predicted molar refractivity (Wildman–Crippen MR) is 122 cm³/mol. The van der Waals surface area contributed by atoms with Gasteiger partial charge in [-0.25, -0.2) is 14.3 Å². The summed E-state index contributed by atoms with van der Waals surface area (Å²) in [5.74, 6) is -0.165. The van der Waals surface area contributed by atoms with Crippen LogP contribution in [0.1, 0.15) is 56.6 Å². The molecular formula is C24H29N5O3. The number of amides is 1. The molecule has 32 heavy (non-hydrogen) atoms. The van der Waals surface area contributed by atoms with E-state index in [-0.39, 0.29) is 18.5 Å². The van der Waals surface area contributed by atoms with Gasteiger partial charge in [-0.15, -0.1) is 0 Å². The molecule has 1 amide bonds. The van der Waals surface area contributed by atoms with Crippen LogP contribution in [0.3, 0.4) is 0 Å². The van der Waals surface area contributed by atoms with Crippen molar-refractivity contribution in [2.24, 2.45) is 0 Å². The smallest absolute Gasteiger partial charge is 0.333 e. The lowest BCUT2D eigenvalue weighted by Crippen LogP contribution is -2.46. The molecule has 3 heterocycles. The van der Waals surface area contributed by atoms with E-state index in [0.717, 1.165) is 55.1 Å². The highest BCUT2D eigenvalue weighted by Crippen LogP contribution is 2.31. The maximum absolute atomic E-state index is 13.5. The average molecular weight is 436 g/mol. The van der Waals surface area contributed by atoms with Gasteiger partial charge in [-0.2, -0.15) is 0 Å². The maximum atomic E-state index is 13.5. The summed E-state index contributed by atoms with van der Waals surface area (Å²) < 4.78 is 4.60. The molecule has 1 aliphatic carbocycles. The molecule has 1 aliphatic heterocycles. The number of imidazole rings is 1. The van der Waals surface area contributed by atoms with E-state index in [9.17, 15) is 14.4 Å². The van der Waals surface area contributed by atoms with Crippen LogP contribution in [0, 0.1) is 0 Å². The summed E-state index contributed by atoms with van der Waals surface area (Å²) in [6, 6.07) is 9.87. The van der Waals surface area contributed by atoms with Crippen LogP contribution < -0.4 is 11.2 Å². The lowest BCUT2D eigenvalue weighted by atomic mass is 10.1. The van der Waals surface area contributed by atoms with Crippen molar-refractivity contribution in [1.29, 1.82) is 0 Å². The minimum atomic E-state index is -0.478. The first-order valence-electron chi connectivity index (χ1n) is 11.7. The Balaban J connectivity index is 1.63. The van der Waals surface area contributed by atoms with Gasteiger partial charge in [0, 0.05) is 19.1 Å². The van der Waals surface area contributed by atoms with Crippen molar-refractivity contribution < 1.29 is 4.79 Å². The second-order valence-corrected chi connectivity index (χ2v) is 8.95. The van der Waals surface area contributed by atoms with E-state index >= 15 is 0 Å². The third kappa shape index (κ3) is 3.78.